The highest BCUT2D eigenvalue weighted by Crippen LogP contribution is 2.21. The predicted molar refractivity (Wildman–Crippen MR) is 74.8 cm³/mol. The molecular formula is C15H17NO4. The molecule has 1 aromatic carbocycles. The van der Waals surface area contributed by atoms with Crippen molar-refractivity contribution in [2.45, 2.75) is 13.3 Å². The molecule has 0 N–H and O–H groups in total. The lowest BCUT2D eigenvalue weighted by Crippen LogP contribution is -2.15. The van der Waals surface area contributed by atoms with Crippen molar-refractivity contribution >= 4 is 12.1 Å². The Morgan fingerprint density at radius 1 is 1.45 bits per heavy atom. The molecule has 1 heterocycles. The topological polar surface area (TPSA) is 57.1 Å². The monoisotopic (exact) mass is 275 g/mol. The second-order valence-electron chi connectivity index (χ2n) is 4.21. The second kappa shape index (κ2) is 6.75. The fourth-order valence-corrected chi connectivity index (χ4v) is 1.78. The number of esters is 1. The van der Waals surface area contributed by atoms with Crippen molar-refractivity contribution < 1.29 is 19.0 Å². The minimum Gasteiger partial charge on any atom is -0.494 e. The molecule has 0 unspecified atom stereocenters. The van der Waals surface area contributed by atoms with Gasteiger partial charge >= 0.3 is 12.1 Å². The minimum atomic E-state index is -0.531. The van der Waals surface area contributed by atoms with E-state index in [1.54, 1.807) is 0 Å². The molecule has 0 fully saturated rings. The maximum atomic E-state index is 11.8. The summed E-state index contributed by atoms with van der Waals surface area (Å²) in [7, 11) is 0. The lowest BCUT2D eigenvalue weighted by Gasteiger charge is -2.10. The van der Waals surface area contributed by atoms with Gasteiger partial charge in [-0.25, -0.2) is 9.79 Å². The summed E-state index contributed by atoms with van der Waals surface area (Å²) < 4.78 is 15.5. The number of hydrogen-bond donors (Lipinski definition) is 0. The summed E-state index contributed by atoms with van der Waals surface area (Å²) in [5.74, 6) is 0.218. The van der Waals surface area contributed by atoms with Crippen molar-refractivity contribution in [1.29, 1.82) is 0 Å². The van der Waals surface area contributed by atoms with Gasteiger partial charge in [0.1, 0.15) is 12.4 Å². The van der Waals surface area contributed by atoms with Crippen LogP contribution in [0.15, 0.2) is 41.4 Å². The first kappa shape index (κ1) is 14.1. The number of aliphatic imine (C=N–C) groups is 1. The van der Waals surface area contributed by atoms with Crippen LogP contribution in [-0.2, 0) is 20.7 Å². The Bertz CT molecular complexity index is 536. The van der Waals surface area contributed by atoms with Crippen LogP contribution in [0.25, 0.3) is 0 Å². The van der Waals surface area contributed by atoms with Crippen LogP contribution in [0, 0.1) is 0 Å². The van der Waals surface area contributed by atoms with Crippen LogP contribution in [0.4, 0.5) is 0 Å². The van der Waals surface area contributed by atoms with E-state index in [2.05, 4.69) is 11.6 Å². The summed E-state index contributed by atoms with van der Waals surface area (Å²) in [6, 6.07) is 7.53. The maximum Gasteiger partial charge on any atom is 0.391 e. The number of para-hydroxylation sites is 1. The summed E-state index contributed by atoms with van der Waals surface area (Å²) in [5.41, 5.74) is 1.22. The first-order valence-corrected chi connectivity index (χ1v) is 6.48. The van der Waals surface area contributed by atoms with Gasteiger partial charge in [0.2, 0.25) is 0 Å². The van der Waals surface area contributed by atoms with Crippen LogP contribution >= 0.6 is 0 Å². The van der Waals surface area contributed by atoms with Gasteiger partial charge in [0.05, 0.1) is 13.2 Å². The number of carbonyl (C=O) groups excluding carboxylic acids is 1. The van der Waals surface area contributed by atoms with E-state index in [4.69, 9.17) is 14.2 Å². The van der Waals surface area contributed by atoms with Crippen molar-refractivity contribution in [2.24, 2.45) is 4.99 Å². The SMILES string of the molecule is C=C(Cc1ccccc1OCC)C(=O)OC1=NCCO1. The average Bonchev–Trinajstić information content (AvgIpc) is 2.94. The molecule has 1 aliphatic heterocycles. The van der Waals surface area contributed by atoms with Gasteiger partial charge in [-0.2, -0.15) is 0 Å². The van der Waals surface area contributed by atoms with E-state index in [-0.39, 0.29) is 6.08 Å². The summed E-state index contributed by atoms with van der Waals surface area (Å²) >= 11 is 0. The highest BCUT2D eigenvalue weighted by Gasteiger charge is 2.18. The van der Waals surface area contributed by atoms with Crippen LogP contribution in [-0.4, -0.2) is 31.8 Å². The molecule has 0 saturated carbocycles. The van der Waals surface area contributed by atoms with Crippen LogP contribution in [0.1, 0.15) is 12.5 Å². The van der Waals surface area contributed by atoms with Gasteiger partial charge in [-0.15, -0.1) is 0 Å². The van der Waals surface area contributed by atoms with E-state index >= 15 is 0 Å². The third-order valence-corrected chi connectivity index (χ3v) is 2.70. The largest absolute Gasteiger partial charge is 0.494 e. The molecule has 0 aliphatic carbocycles. The van der Waals surface area contributed by atoms with Crippen molar-refractivity contribution in [1.82, 2.24) is 0 Å². The highest BCUT2D eigenvalue weighted by molar-refractivity contribution is 5.95. The van der Waals surface area contributed by atoms with E-state index in [1.165, 1.54) is 0 Å². The van der Waals surface area contributed by atoms with E-state index in [1.807, 2.05) is 31.2 Å². The lowest BCUT2D eigenvalue weighted by atomic mass is 10.1. The van der Waals surface area contributed by atoms with E-state index < -0.39 is 5.97 Å². The Hall–Kier alpha value is -2.30. The average molecular weight is 275 g/mol. The summed E-state index contributed by atoms with van der Waals surface area (Å²) in [6.07, 6.45) is 0.386. The molecule has 2 rings (SSSR count). The van der Waals surface area contributed by atoms with E-state index in [0.717, 1.165) is 11.3 Å². The summed E-state index contributed by atoms with van der Waals surface area (Å²) in [4.78, 5) is 15.7. The Morgan fingerprint density at radius 3 is 2.95 bits per heavy atom. The van der Waals surface area contributed by atoms with Gasteiger partial charge < -0.3 is 14.2 Å². The Morgan fingerprint density at radius 2 is 2.25 bits per heavy atom. The van der Waals surface area contributed by atoms with Gasteiger partial charge in [-0.1, -0.05) is 24.8 Å². The summed E-state index contributed by atoms with van der Waals surface area (Å²) in [6.45, 7) is 7.20. The quantitative estimate of drug-likeness (QED) is 0.610. The fraction of sp³-hybridized carbons (Fsp3) is 0.333. The van der Waals surface area contributed by atoms with Gasteiger partial charge in [0, 0.05) is 12.0 Å². The second-order valence-corrected chi connectivity index (χ2v) is 4.21. The molecule has 1 aromatic rings. The van der Waals surface area contributed by atoms with Crippen LogP contribution in [0.3, 0.4) is 0 Å². The van der Waals surface area contributed by atoms with E-state index in [9.17, 15) is 4.79 Å². The molecule has 0 aromatic heterocycles. The number of ether oxygens (including phenoxy) is 3. The molecule has 5 nitrogen and oxygen atoms in total. The number of nitrogens with zero attached hydrogens (tertiary/aromatic N) is 1. The minimum absolute atomic E-state index is 0.0224. The molecule has 106 valence electrons. The standard InChI is InChI=1S/C15H17NO4/c1-3-18-13-7-5-4-6-12(13)10-11(2)14(17)20-15-16-8-9-19-15/h4-7H,2-3,8-10H2,1H3. The molecule has 0 spiro atoms. The van der Waals surface area contributed by atoms with E-state index in [0.29, 0.717) is 31.8 Å². The van der Waals surface area contributed by atoms with Crippen LogP contribution in [0.2, 0.25) is 0 Å². The zero-order valence-electron chi connectivity index (χ0n) is 11.4. The maximum absolute atomic E-state index is 11.8. The van der Waals surface area contributed by atoms with Crippen molar-refractivity contribution in [3.63, 3.8) is 0 Å². The predicted octanol–water partition coefficient (Wildman–Crippen LogP) is 2.11. The van der Waals surface area contributed by atoms with Gasteiger partial charge in [-0.3, -0.25) is 0 Å². The molecule has 5 heteroatoms. The molecule has 0 radical (unpaired) electrons. The highest BCUT2D eigenvalue weighted by atomic mass is 16.7. The smallest absolute Gasteiger partial charge is 0.391 e. The van der Waals surface area contributed by atoms with Crippen molar-refractivity contribution in [2.75, 3.05) is 19.8 Å². The fourth-order valence-electron chi connectivity index (χ4n) is 1.78. The zero-order chi connectivity index (χ0) is 14.4. The van der Waals surface area contributed by atoms with Gasteiger partial charge in [0.15, 0.2) is 0 Å². The number of benzene rings is 1. The van der Waals surface area contributed by atoms with Crippen molar-refractivity contribution in [3.05, 3.63) is 42.0 Å². The molecule has 1 aliphatic rings. The molecule has 0 saturated heterocycles. The zero-order valence-corrected chi connectivity index (χ0v) is 11.4. The van der Waals surface area contributed by atoms with Gasteiger partial charge in [0.25, 0.3) is 0 Å². The van der Waals surface area contributed by atoms with Crippen molar-refractivity contribution in [3.8, 4) is 5.75 Å². The van der Waals surface area contributed by atoms with Crippen LogP contribution in [0.5, 0.6) is 5.75 Å². The lowest BCUT2D eigenvalue weighted by molar-refractivity contribution is -0.132. The molecule has 0 bridgehead atoms. The molecule has 20 heavy (non-hydrogen) atoms. The Kier molecular flexibility index (Phi) is 4.76. The molecule has 0 amide bonds. The number of hydrogen-bond acceptors (Lipinski definition) is 5. The number of rotatable bonds is 5. The summed E-state index contributed by atoms with van der Waals surface area (Å²) in [5, 5.41) is 0. The van der Waals surface area contributed by atoms with Gasteiger partial charge in [-0.05, 0) is 18.6 Å². The first-order valence-electron chi connectivity index (χ1n) is 6.48. The Balaban J connectivity index is 1.98. The molecule has 0 atom stereocenters. The Labute approximate surface area is 117 Å². The normalized spacial score (nSPS) is 13.3. The number of carbonyl (C=O) groups is 1. The third-order valence-electron chi connectivity index (χ3n) is 2.70. The first-order chi connectivity index (χ1) is 9.70. The molecular weight excluding hydrogens is 258 g/mol. The third kappa shape index (κ3) is 3.60. The van der Waals surface area contributed by atoms with Crippen LogP contribution < -0.4 is 4.74 Å².